The molecule has 6 heteroatoms. The van der Waals surface area contributed by atoms with Crippen molar-refractivity contribution in [1.29, 1.82) is 0 Å². The first-order valence-corrected chi connectivity index (χ1v) is 7.44. The van der Waals surface area contributed by atoms with Crippen LogP contribution in [0.25, 0.3) is 0 Å². The molecule has 5 nitrogen and oxygen atoms in total. The van der Waals surface area contributed by atoms with Crippen molar-refractivity contribution in [2.45, 2.75) is 33.6 Å². The second-order valence-corrected chi connectivity index (χ2v) is 5.67. The Hall–Kier alpha value is -1.17. The highest BCUT2D eigenvalue weighted by molar-refractivity contribution is 9.11. The number of Topliss-reactive ketones (excluding diaryl/α,β-unsaturated/α-hetero) is 1. The molecule has 0 aromatic heterocycles. The number of halogens is 1. The normalized spacial score (nSPS) is 21.1. The number of ether oxygens (including phenoxy) is 2. The molecule has 1 atom stereocenters. The molecule has 0 aliphatic heterocycles. The van der Waals surface area contributed by atoms with Gasteiger partial charge in [0.25, 0.3) is 0 Å². The maximum atomic E-state index is 12.1. The summed E-state index contributed by atoms with van der Waals surface area (Å²) in [6.07, 6.45) is 0.883. The van der Waals surface area contributed by atoms with E-state index in [1.54, 1.807) is 20.8 Å². The molecule has 1 rings (SSSR count). The van der Waals surface area contributed by atoms with Gasteiger partial charge in [0, 0.05) is 6.42 Å². The molecule has 0 heterocycles. The standard InChI is InChI=1S/C14H19BrO5/c1-4-19-13(17)12(14(18)20-5-2)11-9(8(3)15)6-7-10(11)16/h11-12H,4-7H2,1-3H3/b9-8-. The van der Waals surface area contributed by atoms with E-state index in [4.69, 9.17) is 9.47 Å². The van der Waals surface area contributed by atoms with E-state index in [0.29, 0.717) is 12.8 Å². The van der Waals surface area contributed by atoms with Gasteiger partial charge in [-0.15, -0.1) is 0 Å². The molecule has 112 valence electrons. The van der Waals surface area contributed by atoms with E-state index >= 15 is 0 Å². The minimum atomic E-state index is -1.20. The second kappa shape index (κ2) is 7.57. The zero-order chi connectivity index (χ0) is 15.3. The van der Waals surface area contributed by atoms with Crippen LogP contribution in [0.2, 0.25) is 0 Å². The van der Waals surface area contributed by atoms with Gasteiger partial charge in [0.05, 0.1) is 19.1 Å². The van der Waals surface area contributed by atoms with Gasteiger partial charge in [-0.25, -0.2) is 0 Å². The molecule has 20 heavy (non-hydrogen) atoms. The highest BCUT2D eigenvalue weighted by atomic mass is 79.9. The Bertz CT molecular complexity index is 419. The van der Waals surface area contributed by atoms with Crippen molar-refractivity contribution in [3.05, 3.63) is 10.1 Å². The third-order valence-electron chi connectivity index (χ3n) is 3.22. The zero-order valence-electron chi connectivity index (χ0n) is 11.9. The third kappa shape index (κ3) is 3.69. The molecule has 0 aromatic carbocycles. The van der Waals surface area contributed by atoms with Crippen LogP contribution in [-0.4, -0.2) is 30.9 Å². The fourth-order valence-electron chi connectivity index (χ4n) is 2.37. The minimum Gasteiger partial charge on any atom is -0.465 e. The predicted molar refractivity (Wildman–Crippen MR) is 76.1 cm³/mol. The van der Waals surface area contributed by atoms with Gasteiger partial charge in [-0.2, -0.15) is 0 Å². The van der Waals surface area contributed by atoms with E-state index in [1.165, 1.54) is 0 Å². The van der Waals surface area contributed by atoms with Crippen molar-refractivity contribution in [2.75, 3.05) is 13.2 Å². The lowest BCUT2D eigenvalue weighted by molar-refractivity contribution is -0.165. The van der Waals surface area contributed by atoms with Gasteiger partial charge >= 0.3 is 11.9 Å². The third-order valence-corrected chi connectivity index (χ3v) is 3.73. The lowest BCUT2D eigenvalue weighted by atomic mass is 9.86. The first-order chi connectivity index (χ1) is 9.43. The van der Waals surface area contributed by atoms with Crippen LogP contribution < -0.4 is 0 Å². The molecule has 1 saturated carbocycles. The summed E-state index contributed by atoms with van der Waals surface area (Å²) in [6, 6.07) is 0. The summed E-state index contributed by atoms with van der Waals surface area (Å²) in [5.41, 5.74) is 0.779. The Labute approximate surface area is 126 Å². The summed E-state index contributed by atoms with van der Waals surface area (Å²) < 4.78 is 10.6. The Balaban J connectivity index is 3.14. The van der Waals surface area contributed by atoms with E-state index in [9.17, 15) is 14.4 Å². The molecule has 0 radical (unpaired) electrons. The van der Waals surface area contributed by atoms with Crippen molar-refractivity contribution < 1.29 is 23.9 Å². The monoisotopic (exact) mass is 346 g/mol. The average Bonchev–Trinajstić information content (AvgIpc) is 2.73. The van der Waals surface area contributed by atoms with Crippen LogP contribution in [0.4, 0.5) is 0 Å². The van der Waals surface area contributed by atoms with E-state index in [-0.39, 0.29) is 19.0 Å². The van der Waals surface area contributed by atoms with Gasteiger partial charge in [0.15, 0.2) is 5.92 Å². The molecular weight excluding hydrogens is 328 g/mol. The fraction of sp³-hybridized carbons (Fsp3) is 0.643. The molecule has 0 bridgehead atoms. The molecule has 0 aromatic rings. The van der Waals surface area contributed by atoms with Gasteiger partial charge in [-0.3, -0.25) is 14.4 Å². The number of hydrogen-bond donors (Lipinski definition) is 0. The molecule has 0 amide bonds. The summed E-state index contributed by atoms with van der Waals surface area (Å²) in [6.45, 7) is 5.42. The smallest absolute Gasteiger partial charge is 0.321 e. The topological polar surface area (TPSA) is 69.7 Å². The maximum Gasteiger partial charge on any atom is 0.321 e. The summed E-state index contributed by atoms with van der Waals surface area (Å²) in [5.74, 6) is -3.49. The molecule has 1 unspecified atom stereocenters. The van der Waals surface area contributed by atoms with Gasteiger partial charge in [0.1, 0.15) is 5.78 Å². The lowest BCUT2D eigenvalue weighted by Crippen LogP contribution is -2.37. The Morgan fingerprint density at radius 2 is 1.70 bits per heavy atom. The largest absolute Gasteiger partial charge is 0.465 e. The minimum absolute atomic E-state index is 0.120. The first kappa shape index (κ1) is 16.9. The Morgan fingerprint density at radius 1 is 1.20 bits per heavy atom. The molecule has 1 fully saturated rings. The van der Waals surface area contributed by atoms with Crippen LogP contribution in [0.3, 0.4) is 0 Å². The van der Waals surface area contributed by atoms with Crippen molar-refractivity contribution in [3.8, 4) is 0 Å². The van der Waals surface area contributed by atoms with Crippen molar-refractivity contribution in [3.63, 3.8) is 0 Å². The molecule has 0 N–H and O–H groups in total. The highest BCUT2D eigenvalue weighted by Crippen LogP contribution is 2.38. The molecule has 1 aliphatic carbocycles. The summed E-state index contributed by atoms with van der Waals surface area (Å²) in [5, 5.41) is 0. The van der Waals surface area contributed by atoms with Crippen LogP contribution in [0, 0.1) is 11.8 Å². The number of hydrogen-bond acceptors (Lipinski definition) is 5. The lowest BCUT2D eigenvalue weighted by Gasteiger charge is -2.21. The number of carbonyl (C=O) groups excluding carboxylic acids is 3. The van der Waals surface area contributed by atoms with Crippen LogP contribution in [0.15, 0.2) is 10.1 Å². The second-order valence-electron chi connectivity index (χ2n) is 4.48. The zero-order valence-corrected chi connectivity index (χ0v) is 13.5. The number of carbonyl (C=O) groups is 3. The number of esters is 2. The van der Waals surface area contributed by atoms with Crippen LogP contribution >= 0.6 is 15.9 Å². The Kier molecular flexibility index (Phi) is 6.39. The molecular formula is C14H19BrO5. The van der Waals surface area contributed by atoms with Crippen LogP contribution in [0.1, 0.15) is 33.6 Å². The van der Waals surface area contributed by atoms with E-state index in [2.05, 4.69) is 15.9 Å². The van der Waals surface area contributed by atoms with Gasteiger partial charge < -0.3 is 9.47 Å². The quantitative estimate of drug-likeness (QED) is 0.564. The van der Waals surface area contributed by atoms with Gasteiger partial charge in [-0.05, 0) is 37.2 Å². The van der Waals surface area contributed by atoms with Crippen LogP contribution in [-0.2, 0) is 23.9 Å². The van der Waals surface area contributed by atoms with E-state index in [0.717, 1.165) is 10.1 Å². The Morgan fingerprint density at radius 3 is 2.10 bits per heavy atom. The molecule has 0 spiro atoms. The fourth-order valence-corrected chi connectivity index (χ4v) is 2.81. The van der Waals surface area contributed by atoms with E-state index < -0.39 is 23.8 Å². The van der Waals surface area contributed by atoms with Crippen molar-refractivity contribution in [1.82, 2.24) is 0 Å². The molecule has 0 saturated heterocycles. The number of allylic oxidation sites excluding steroid dienone is 2. The van der Waals surface area contributed by atoms with Gasteiger partial charge in [-0.1, -0.05) is 15.9 Å². The first-order valence-electron chi connectivity index (χ1n) is 6.65. The maximum absolute atomic E-state index is 12.1. The number of ketones is 1. The van der Waals surface area contributed by atoms with Crippen molar-refractivity contribution in [2.24, 2.45) is 11.8 Å². The number of rotatable bonds is 5. The summed E-state index contributed by atoms with van der Waals surface area (Å²) in [7, 11) is 0. The van der Waals surface area contributed by atoms with Gasteiger partial charge in [0.2, 0.25) is 0 Å². The van der Waals surface area contributed by atoms with Crippen molar-refractivity contribution >= 4 is 33.7 Å². The summed E-state index contributed by atoms with van der Waals surface area (Å²) >= 11 is 3.34. The van der Waals surface area contributed by atoms with E-state index in [1.807, 2.05) is 0 Å². The summed E-state index contributed by atoms with van der Waals surface area (Å²) in [4.78, 5) is 36.2. The average molecular weight is 347 g/mol. The SMILES string of the molecule is CCOC(=O)C(C(=O)OCC)C1C(=O)CC/C1=C(\C)Br. The molecule has 1 aliphatic rings. The van der Waals surface area contributed by atoms with Crippen LogP contribution in [0.5, 0.6) is 0 Å². The highest BCUT2D eigenvalue weighted by Gasteiger charge is 2.46. The predicted octanol–water partition coefficient (Wildman–Crippen LogP) is 2.38.